The van der Waals surface area contributed by atoms with Crippen LogP contribution in [0.1, 0.15) is 37.7 Å². The van der Waals surface area contributed by atoms with Crippen molar-refractivity contribution in [2.75, 3.05) is 6.54 Å². The molecule has 0 aromatic heterocycles. The summed E-state index contributed by atoms with van der Waals surface area (Å²) in [6, 6.07) is 6.11. The minimum atomic E-state index is 0.0952. The molecule has 1 unspecified atom stereocenters. The van der Waals surface area contributed by atoms with Crippen LogP contribution in [0.4, 0.5) is 0 Å². The molecule has 4 atom stereocenters. The first kappa shape index (κ1) is 14.8. The Labute approximate surface area is 141 Å². The summed E-state index contributed by atoms with van der Waals surface area (Å²) in [6.07, 6.45) is 7.00. The Morgan fingerprint density at radius 2 is 2.00 bits per heavy atom. The number of hydrogen-bond acceptors (Lipinski definition) is 1. The van der Waals surface area contributed by atoms with E-state index in [0.717, 1.165) is 36.8 Å². The fourth-order valence-corrected chi connectivity index (χ4v) is 5.31. The van der Waals surface area contributed by atoms with Crippen molar-refractivity contribution >= 4 is 29.1 Å². The highest BCUT2D eigenvalue weighted by Crippen LogP contribution is 2.48. The Morgan fingerprint density at radius 3 is 2.68 bits per heavy atom. The largest absolute Gasteiger partial charge is 0.339 e. The fraction of sp³-hybridized carbons (Fsp3) is 0.611. The van der Waals surface area contributed by atoms with Crippen LogP contribution in [-0.4, -0.2) is 23.4 Å². The first-order valence-corrected chi connectivity index (χ1v) is 9.12. The van der Waals surface area contributed by atoms with E-state index in [4.69, 9.17) is 23.2 Å². The van der Waals surface area contributed by atoms with Gasteiger partial charge in [0.1, 0.15) is 0 Å². The van der Waals surface area contributed by atoms with E-state index in [0.29, 0.717) is 22.0 Å². The number of carbonyl (C=O) groups excluding carboxylic acids is 1. The van der Waals surface area contributed by atoms with E-state index in [1.807, 2.05) is 12.1 Å². The van der Waals surface area contributed by atoms with Crippen molar-refractivity contribution in [2.45, 2.75) is 44.6 Å². The Bertz CT molecular complexity index is 603. The van der Waals surface area contributed by atoms with Gasteiger partial charge in [0.25, 0.3) is 0 Å². The molecule has 1 aromatic carbocycles. The van der Waals surface area contributed by atoms with Gasteiger partial charge in [0.15, 0.2) is 0 Å². The smallest absolute Gasteiger partial charge is 0.226 e. The van der Waals surface area contributed by atoms with Crippen LogP contribution >= 0.6 is 23.2 Å². The minimum absolute atomic E-state index is 0.0952. The number of carbonyl (C=O) groups is 1. The maximum Gasteiger partial charge on any atom is 0.226 e. The summed E-state index contributed by atoms with van der Waals surface area (Å²) in [6.45, 7) is 0.933. The molecule has 4 heteroatoms. The number of rotatable bonds is 3. The van der Waals surface area contributed by atoms with Crippen LogP contribution in [0.25, 0.3) is 0 Å². The molecule has 1 aliphatic heterocycles. The molecule has 22 heavy (non-hydrogen) atoms. The monoisotopic (exact) mass is 337 g/mol. The molecule has 4 rings (SSSR count). The van der Waals surface area contributed by atoms with Gasteiger partial charge in [-0.1, -0.05) is 35.7 Å². The lowest BCUT2D eigenvalue weighted by Crippen LogP contribution is -2.41. The second-order valence-corrected chi connectivity index (χ2v) is 8.04. The van der Waals surface area contributed by atoms with Crippen molar-refractivity contribution in [3.63, 3.8) is 0 Å². The lowest BCUT2D eigenvalue weighted by atomic mass is 9.94. The molecule has 2 aliphatic carbocycles. The predicted octanol–water partition coefficient (Wildman–Crippen LogP) is 4.57. The van der Waals surface area contributed by atoms with Gasteiger partial charge in [-0.15, -0.1) is 0 Å². The van der Waals surface area contributed by atoms with Crippen LogP contribution in [0, 0.1) is 17.8 Å². The second-order valence-electron chi connectivity index (χ2n) is 7.20. The Morgan fingerprint density at radius 1 is 1.14 bits per heavy atom. The van der Waals surface area contributed by atoms with Crippen LogP contribution in [0.3, 0.4) is 0 Å². The van der Waals surface area contributed by atoms with Gasteiger partial charge in [-0.05, 0) is 61.6 Å². The van der Waals surface area contributed by atoms with Crippen LogP contribution in [0.15, 0.2) is 18.2 Å². The third kappa shape index (κ3) is 2.55. The van der Waals surface area contributed by atoms with E-state index >= 15 is 0 Å². The van der Waals surface area contributed by atoms with Gasteiger partial charge in [-0.3, -0.25) is 4.79 Å². The number of likely N-dealkylation sites (tertiary alicyclic amines) is 1. The van der Waals surface area contributed by atoms with Crippen molar-refractivity contribution < 1.29 is 4.79 Å². The van der Waals surface area contributed by atoms with Gasteiger partial charge in [0.2, 0.25) is 5.91 Å². The van der Waals surface area contributed by atoms with Gasteiger partial charge >= 0.3 is 0 Å². The van der Waals surface area contributed by atoms with Crippen molar-refractivity contribution in [2.24, 2.45) is 17.8 Å². The zero-order valence-electron chi connectivity index (χ0n) is 12.6. The topological polar surface area (TPSA) is 20.3 Å². The van der Waals surface area contributed by atoms with Crippen molar-refractivity contribution in [3.8, 4) is 0 Å². The van der Waals surface area contributed by atoms with Gasteiger partial charge in [0, 0.05) is 28.5 Å². The number of halogens is 2. The zero-order chi connectivity index (χ0) is 15.3. The summed E-state index contributed by atoms with van der Waals surface area (Å²) in [7, 11) is 0. The molecule has 0 radical (unpaired) electrons. The molecule has 2 nitrogen and oxygen atoms in total. The summed E-state index contributed by atoms with van der Waals surface area (Å²) >= 11 is 12.2. The molecule has 0 N–H and O–H groups in total. The van der Waals surface area contributed by atoms with Gasteiger partial charge in [-0.2, -0.15) is 0 Å². The number of benzene rings is 1. The minimum Gasteiger partial charge on any atom is -0.339 e. The van der Waals surface area contributed by atoms with E-state index < -0.39 is 0 Å². The second kappa shape index (κ2) is 5.72. The molecule has 1 amide bonds. The molecule has 1 aromatic rings. The molecule has 0 spiro atoms. The lowest BCUT2D eigenvalue weighted by Gasteiger charge is -2.31. The molecule has 1 saturated heterocycles. The summed E-state index contributed by atoms with van der Waals surface area (Å²) in [5.74, 6) is 2.10. The summed E-state index contributed by atoms with van der Waals surface area (Å²) < 4.78 is 0. The normalized spacial score (nSPS) is 33.9. The number of nitrogens with zero attached hydrogens (tertiary/aromatic N) is 1. The Balaban J connectivity index is 1.45. The number of fused-ring (bicyclic) bond motifs is 2. The van der Waals surface area contributed by atoms with E-state index in [2.05, 4.69) is 4.90 Å². The highest BCUT2D eigenvalue weighted by Gasteiger charge is 2.46. The first-order chi connectivity index (χ1) is 10.6. The summed E-state index contributed by atoms with van der Waals surface area (Å²) in [5, 5.41) is 1.33. The van der Waals surface area contributed by atoms with E-state index in [-0.39, 0.29) is 5.92 Å². The standard InChI is InChI=1S/C18H21Cl2NO/c19-15-4-3-12(16(20)10-15)9-14-5-6-21(18(14)22)17-8-11-1-2-13(17)7-11/h3-4,10-11,13-14,17H,1-2,5-9H2/t11-,13-,14?,17-/m1/s1. The Kier molecular flexibility index (Phi) is 3.86. The quantitative estimate of drug-likeness (QED) is 0.790. The number of amides is 1. The third-order valence-corrected chi connectivity index (χ3v) is 6.52. The maximum absolute atomic E-state index is 12.8. The van der Waals surface area contributed by atoms with E-state index in [1.54, 1.807) is 6.07 Å². The third-order valence-electron chi connectivity index (χ3n) is 5.93. The maximum atomic E-state index is 12.8. The summed E-state index contributed by atoms with van der Waals surface area (Å²) in [4.78, 5) is 15.0. The number of hydrogen-bond donors (Lipinski definition) is 0. The van der Waals surface area contributed by atoms with Crippen LogP contribution in [-0.2, 0) is 11.2 Å². The van der Waals surface area contributed by atoms with Gasteiger partial charge < -0.3 is 4.90 Å². The van der Waals surface area contributed by atoms with E-state index in [1.165, 1.54) is 25.7 Å². The lowest BCUT2D eigenvalue weighted by molar-refractivity contribution is -0.133. The molecule has 2 saturated carbocycles. The molecule has 2 bridgehead atoms. The van der Waals surface area contributed by atoms with Gasteiger partial charge in [0.05, 0.1) is 0 Å². The van der Waals surface area contributed by atoms with Crippen molar-refractivity contribution in [3.05, 3.63) is 33.8 Å². The highest BCUT2D eigenvalue weighted by atomic mass is 35.5. The van der Waals surface area contributed by atoms with Crippen LogP contribution in [0.5, 0.6) is 0 Å². The van der Waals surface area contributed by atoms with Crippen molar-refractivity contribution in [1.82, 2.24) is 4.90 Å². The highest BCUT2D eigenvalue weighted by molar-refractivity contribution is 6.35. The fourth-order valence-electron chi connectivity index (χ4n) is 4.83. The van der Waals surface area contributed by atoms with Gasteiger partial charge in [-0.25, -0.2) is 0 Å². The molecule has 118 valence electrons. The van der Waals surface area contributed by atoms with Crippen molar-refractivity contribution in [1.29, 1.82) is 0 Å². The zero-order valence-corrected chi connectivity index (χ0v) is 14.1. The van der Waals surface area contributed by atoms with Crippen LogP contribution < -0.4 is 0 Å². The molecule has 1 heterocycles. The SMILES string of the molecule is O=C1C(Cc2ccc(Cl)cc2Cl)CCN1[C@@H]1C[C@@H]2CC[C@@H]1C2. The summed E-state index contributed by atoms with van der Waals surface area (Å²) in [5.41, 5.74) is 1.04. The van der Waals surface area contributed by atoms with Crippen LogP contribution in [0.2, 0.25) is 10.0 Å². The average molecular weight is 338 g/mol. The molecule has 3 fully saturated rings. The first-order valence-electron chi connectivity index (χ1n) is 8.36. The van der Waals surface area contributed by atoms with E-state index in [9.17, 15) is 4.79 Å². The molecular formula is C18H21Cl2NO. The Hall–Kier alpha value is -0.730. The molecule has 3 aliphatic rings. The average Bonchev–Trinajstić information content (AvgIpc) is 3.18. The molecular weight excluding hydrogens is 317 g/mol. The predicted molar refractivity (Wildman–Crippen MR) is 89.2 cm³/mol.